The van der Waals surface area contributed by atoms with Crippen molar-refractivity contribution < 1.29 is 0 Å². The number of allylic oxidation sites excluding steroid dienone is 10. The van der Waals surface area contributed by atoms with Gasteiger partial charge in [-0.15, -0.1) is 5.10 Å². The molecule has 0 atom stereocenters. The number of nitrogens with zero attached hydrogens (tertiary/aromatic N) is 3. The van der Waals surface area contributed by atoms with Gasteiger partial charge in [-0.25, -0.2) is 0 Å². The molecule has 184 valence electrons. The number of rotatable bonds is 2. The van der Waals surface area contributed by atoms with Crippen LogP contribution >= 0.6 is 0 Å². The summed E-state index contributed by atoms with van der Waals surface area (Å²) in [5, 5.41) is 23.6. The molecule has 1 aromatic rings. The van der Waals surface area contributed by atoms with Crippen molar-refractivity contribution in [3.63, 3.8) is 0 Å². The summed E-state index contributed by atoms with van der Waals surface area (Å²) >= 11 is 0. The predicted molar refractivity (Wildman–Crippen MR) is 145 cm³/mol. The number of nitrogens with two attached hydrogens (primary N) is 1. The fraction of sp³-hybridized carbons (Fsp3) is 0.481. The first-order valence-corrected chi connectivity index (χ1v) is 12.3. The summed E-state index contributed by atoms with van der Waals surface area (Å²) < 4.78 is 1.27. The molecule has 7 nitrogen and oxygen atoms in total. The lowest BCUT2D eigenvalue weighted by molar-refractivity contribution is 0.719. The van der Waals surface area contributed by atoms with Crippen LogP contribution in [0, 0.1) is 10.8 Å². The maximum Gasteiger partial charge on any atom is 0.244 e. The molecule has 0 spiro atoms. The zero-order valence-corrected chi connectivity index (χ0v) is 21.5. The Bertz CT molecular complexity index is 1010. The monoisotopic (exact) mass is 463 g/mol. The van der Waals surface area contributed by atoms with Crippen molar-refractivity contribution in [3.05, 3.63) is 58.2 Å². The molecule has 0 aliphatic heterocycles. The molecule has 2 aliphatic rings. The van der Waals surface area contributed by atoms with Gasteiger partial charge in [-0.2, -0.15) is 9.67 Å². The maximum atomic E-state index is 8.46. The van der Waals surface area contributed by atoms with Gasteiger partial charge in [0.1, 0.15) is 5.84 Å². The van der Waals surface area contributed by atoms with E-state index in [-0.39, 0.29) is 11.8 Å². The van der Waals surface area contributed by atoms with Crippen LogP contribution < -0.4 is 11.1 Å². The van der Waals surface area contributed by atoms with E-state index in [1.807, 2.05) is 19.9 Å². The summed E-state index contributed by atoms with van der Waals surface area (Å²) in [6.45, 7) is 8.25. The highest BCUT2D eigenvalue weighted by molar-refractivity contribution is 6.16. The minimum absolute atomic E-state index is 0.107. The van der Waals surface area contributed by atoms with Crippen LogP contribution in [0.5, 0.6) is 0 Å². The molecule has 7 heteroatoms. The van der Waals surface area contributed by atoms with E-state index in [4.69, 9.17) is 16.6 Å². The number of nitrogens with one attached hydrogen (secondary N) is 3. The van der Waals surface area contributed by atoms with Gasteiger partial charge >= 0.3 is 0 Å². The van der Waals surface area contributed by atoms with E-state index >= 15 is 0 Å². The molecule has 1 heterocycles. The molecule has 0 unspecified atom stereocenters. The Balaban J connectivity index is 0.000000310. The van der Waals surface area contributed by atoms with E-state index < -0.39 is 0 Å². The number of nitrogen functional groups attached to an aromatic ring is 1. The van der Waals surface area contributed by atoms with Gasteiger partial charge in [-0.1, -0.05) is 30.7 Å². The van der Waals surface area contributed by atoms with Gasteiger partial charge < -0.3 is 11.1 Å². The third kappa shape index (κ3) is 6.89. The molecule has 34 heavy (non-hydrogen) atoms. The molecule has 5 N–H and O–H groups in total. The topological polar surface area (TPSA) is 116 Å². The van der Waals surface area contributed by atoms with Crippen LogP contribution in [0.2, 0.25) is 0 Å². The highest BCUT2D eigenvalue weighted by Crippen LogP contribution is 2.29. The van der Waals surface area contributed by atoms with Crippen LogP contribution in [0.4, 0.5) is 11.9 Å². The van der Waals surface area contributed by atoms with E-state index in [2.05, 4.69) is 47.5 Å². The van der Waals surface area contributed by atoms with Crippen LogP contribution in [0.3, 0.4) is 0 Å². The fourth-order valence-corrected chi connectivity index (χ4v) is 4.46. The standard InChI is InChI=1S/C16H23N7.C11H18/c1-4-10-7-6-8-11(14(18)12(10)5-2)9-13(17)23-15(19)21-16(20-3)22-23;1-3-10-8-6-5-7-9-11(10)4-2/h4-5,9,17-18H,6-8H2,1-3H3,(H3,19,20,21,22);3-4H,5-9H2,1-2H3/b10-4-,11-9-,12-5+,17-13?,18-14?;10-3-,11-4-. The Kier molecular flexibility index (Phi) is 10.7. The third-order valence-corrected chi connectivity index (χ3v) is 6.36. The van der Waals surface area contributed by atoms with Gasteiger partial charge in [-0.05, 0) is 107 Å². The normalized spacial score (nSPS) is 23.1. The van der Waals surface area contributed by atoms with Crippen molar-refractivity contribution in [1.82, 2.24) is 14.8 Å². The van der Waals surface area contributed by atoms with E-state index in [0.29, 0.717) is 11.7 Å². The lowest BCUT2D eigenvalue weighted by Crippen LogP contribution is -2.15. The zero-order chi connectivity index (χ0) is 25.1. The summed E-state index contributed by atoms with van der Waals surface area (Å²) in [6.07, 6.45) is 19.7. The number of anilines is 2. The van der Waals surface area contributed by atoms with Gasteiger partial charge in [0.2, 0.25) is 11.9 Å². The lowest BCUT2D eigenvalue weighted by atomic mass is 9.97. The van der Waals surface area contributed by atoms with Crippen LogP contribution in [-0.4, -0.2) is 33.4 Å². The molecule has 0 bridgehead atoms. The SMILES string of the molecule is C/C=C1/CCC/C(=C/C(=N)n2nc(NC)nc2N)C(=N)/C1=C/C.C/C=C1/CCCCC/C1=C/C. The Labute approximate surface area is 204 Å². The van der Waals surface area contributed by atoms with Crippen molar-refractivity contribution in [2.45, 2.75) is 79.1 Å². The van der Waals surface area contributed by atoms with Crippen LogP contribution in [0.15, 0.2) is 58.2 Å². The quantitative estimate of drug-likeness (QED) is 0.225. The molecule has 2 fully saturated rings. The molecule has 2 aliphatic carbocycles. The largest absolute Gasteiger partial charge is 0.368 e. The average molecular weight is 464 g/mol. The van der Waals surface area contributed by atoms with Crippen molar-refractivity contribution in [2.75, 3.05) is 18.1 Å². The maximum absolute atomic E-state index is 8.46. The summed E-state index contributed by atoms with van der Waals surface area (Å²) in [4.78, 5) is 4.01. The molecule has 3 rings (SSSR count). The van der Waals surface area contributed by atoms with Crippen molar-refractivity contribution in [3.8, 4) is 0 Å². The first kappa shape index (κ1) is 27.0. The fourth-order valence-electron chi connectivity index (χ4n) is 4.46. The van der Waals surface area contributed by atoms with Gasteiger partial charge in [-0.3, -0.25) is 10.8 Å². The highest BCUT2D eigenvalue weighted by atomic mass is 15.4. The van der Waals surface area contributed by atoms with Crippen LogP contribution in [0.25, 0.3) is 0 Å². The van der Waals surface area contributed by atoms with Gasteiger partial charge in [0.05, 0.1) is 5.71 Å². The van der Waals surface area contributed by atoms with E-state index in [1.165, 1.54) is 42.4 Å². The molecule has 1 aromatic heterocycles. The minimum Gasteiger partial charge on any atom is -0.368 e. The lowest BCUT2D eigenvalue weighted by Gasteiger charge is -2.10. The Hall–Kier alpha value is -3.22. The average Bonchev–Trinajstić information content (AvgIpc) is 2.99. The minimum atomic E-state index is 0.107. The Morgan fingerprint density at radius 3 is 1.91 bits per heavy atom. The van der Waals surface area contributed by atoms with Crippen molar-refractivity contribution in [1.29, 1.82) is 10.8 Å². The van der Waals surface area contributed by atoms with Gasteiger partial charge in [0, 0.05) is 7.05 Å². The van der Waals surface area contributed by atoms with Crippen molar-refractivity contribution >= 4 is 23.4 Å². The number of hydrogen-bond acceptors (Lipinski definition) is 6. The molecule has 0 aromatic carbocycles. The van der Waals surface area contributed by atoms with Crippen LogP contribution in [-0.2, 0) is 0 Å². The summed E-state index contributed by atoms with van der Waals surface area (Å²) in [7, 11) is 1.69. The zero-order valence-electron chi connectivity index (χ0n) is 21.5. The first-order chi connectivity index (χ1) is 16.4. The van der Waals surface area contributed by atoms with Crippen molar-refractivity contribution in [2.24, 2.45) is 0 Å². The molecular formula is C27H41N7. The highest BCUT2D eigenvalue weighted by Gasteiger charge is 2.19. The Morgan fingerprint density at radius 2 is 1.41 bits per heavy atom. The summed E-state index contributed by atoms with van der Waals surface area (Å²) in [5.41, 5.74) is 12.4. The van der Waals surface area contributed by atoms with Gasteiger partial charge in [0.15, 0.2) is 0 Å². The second-order valence-corrected chi connectivity index (χ2v) is 8.44. The predicted octanol–water partition coefficient (Wildman–Crippen LogP) is 6.59. The second-order valence-electron chi connectivity index (χ2n) is 8.44. The summed E-state index contributed by atoms with van der Waals surface area (Å²) in [5.74, 6) is 0.624. The molecule has 0 radical (unpaired) electrons. The smallest absolute Gasteiger partial charge is 0.244 e. The molecule has 2 saturated carbocycles. The number of hydrogen-bond donors (Lipinski definition) is 4. The molecule has 0 saturated heterocycles. The van der Waals surface area contributed by atoms with Crippen LogP contribution in [0.1, 0.15) is 79.1 Å². The van der Waals surface area contributed by atoms with E-state index in [0.717, 1.165) is 30.4 Å². The third-order valence-electron chi connectivity index (χ3n) is 6.36. The Morgan fingerprint density at radius 1 is 0.853 bits per heavy atom. The van der Waals surface area contributed by atoms with Gasteiger partial charge in [0.25, 0.3) is 0 Å². The number of aromatic nitrogens is 3. The molecular weight excluding hydrogens is 422 g/mol. The van der Waals surface area contributed by atoms with E-state index in [9.17, 15) is 0 Å². The second kappa shape index (κ2) is 13.5. The van der Waals surface area contributed by atoms with E-state index in [1.54, 1.807) is 24.3 Å². The molecule has 0 amide bonds. The first-order valence-electron chi connectivity index (χ1n) is 12.3. The summed E-state index contributed by atoms with van der Waals surface area (Å²) in [6, 6.07) is 0.